The fraction of sp³-hybridized carbons (Fsp3) is 0.429. The third-order valence-electron chi connectivity index (χ3n) is 3.57. The van der Waals surface area contributed by atoms with Gasteiger partial charge in [0.1, 0.15) is 5.75 Å². The molecule has 0 radical (unpaired) electrons. The highest BCUT2D eigenvalue weighted by molar-refractivity contribution is 5.84. The molecular formula is C14H19N3O. The average molecular weight is 245 g/mol. The first-order valence-electron chi connectivity index (χ1n) is 6.45. The van der Waals surface area contributed by atoms with Gasteiger partial charge in [0.05, 0.1) is 7.11 Å². The fourth-order valence-electron chi connectivity index (χ4n) is 2.58. The van der Waals surface area contributed by atoms with Crippen LogP contribution in [0.5, 0.6) is 5.75 Å². The molecule has 4 nitrogen and oxygen atoms in total. The summed E-state index contributed by atoms with van der Waals surface area (Å²) < 4.78 is 5.24. The van der Waals surface area contributed by atoms with E-state index in [9.17, 15) is 0 Å². The molecule has 1 aromatic heterocycles. The predicted octanol–water partition coefficient (Wildman–Crippen LogP) is 1.28. The number of hydrogen-bond donors (Lipinski definition) is 3. The van der Waals surface area contributed by atoms with Gasteiger partial charge in [-0.15, -0.1) is 0 Å². The number of aromatic nitrogens is 1. The quantitative estimate of drug-likeness (QED) is 0.763. The maximum Gasteiger partial charge on any atom is 0.120 e. The molecule has 3 rings (SSSR count). The number of rotatable bonds is 3. The van der Waals surface area contributed by atoms with E-state index in [0.29, 0.717) is 6.04 Å². The van der Waals surface area contributed by atoms with E-state index >= 15 is 0 Å². The molecule has 1 aliphatic heterocycles. The molecule has 3 N–H and O–H groups in total. The second-order valence-electron chi connectivity index (χ2n) is 4.78. The summed E-state index contributed by atoms with van der Waals surface area (Å²) in [4.78, 5) is 3.32. The van der Waals surface area contributed by atoms with Crippen molar-refractivity contribution >= 4 is 10.9 Å². The Hall–Kier alpha value is -1.52. The molecule has 18 heavy (non-hydrogen) atoms. The second kappa shape index (κ2) is 5.00. The van der Waals surface area contributed by atoms with E-state index in [-0.39, 0.29) is 0 Å². The largest absolute Gasteiger partial charge is 0.497 e. The number of nitrogens with one attached hydrogen (secondary N) is 3. The summed E-state index contributed by atoms with van der Waals surface area (Å²) in [6.07, 6.45) is 3.17. The fourth-order valence-corrected chi connectivity index (χ4v) is 2.58. The first kappa shape index (κ1) is 11.6. The zero-order valence-corrected chi connectivity index (χ0v) is 10.6. The molecule has 1 unspecified atom stereocenters. The van der Waals surface area contributed by atoms with Crippen LogP contribution >= 0.6 is 0 Å². The third-order valence-corrected chi connectivity index (χ3v) is 3.57. The van der Waals surface area contributed by atoms with Crippen LogP contribution in [0.3, 0.4) is 0 Å². The van der Waals surface area contributed by atoms with E-state index in [1.54, 1.807) is 7.11 Å². The van der Waals surface area contributed by atoms with Gasteiger partial charge in [0.15, 0.2) is 0 Å². The van der Waals surface area contributed by atoms with Gasteiger partial charge < -0.3 is 20.4 Å². The maximum atomic E-state index is 5.24. The monoisotopic (exact) mass is 245 g/mol. The van der Waals surface area contributed by atoms with Crippen LogP contribution in [-0.2, 0) is 6.42 Å². The molecule has 0 spiro atoms. The summed E-state index contributed by atoms with van der Waals surface area (Å²) in [6.45, 7) is 3.17. The lowest BCUT2D eigenvalue weighted by molar-refractivity contribution is 0.415. The number of aromatic amines is 1. The standard InChI is InChI=1S/C14H19N3O/c1-18-12-2-3-13-10(8-17-14(13)7-12)6-11-9-15-4-5-16-11/h2-3,7-8,11,15-17H,4-6,9H2,1H3. The molecule has 1 aliphatic rings. The summed E-state index contributed by atoms with van der Waals surface area (Å²) in [7, 11) is 1.70. The Morgan fingerprint density at radius 2 is 2.28 bits per heavy atom. The highest BCUT2D eigenvalue weighted by Gasteiger charge is 2.14. The maximum absolute atomic E-state index is 5.24. The predicted molar refractivity (Wildman–Crippen MR) is 73.2 cm³/mol. The van der Waals surface area contributed by atoms with Gasteiger partial charge in [-0.2, -0.15) is 0 Å². The van der Waals surface area contributed by atoms with E-state index in [4.69, 9.17) is 4.74 Å². The van der Waals surface area contributed by atoms with Crippen LogP contribution in [0.15, 0.2) is 24.4 Å². The average Bonchev–Trinajstić information content (AvgIpc) is 2.82. The Morgan fingerprint density at radius 3 is 3.06 bits per heavy atom. The van der Waals surface area contributed by atoms with Gasteiger partial charge in [-0.3, -0.25) is 0 Å². The van der Waals surface area contributed by atoms with Crippen molar-refractivity contribution in [1.29, 1.82) is 0 Å². The summed E-state index contributed by atoms with van der Waals surface area (Å²) in [5.41, 5.74) is 2.52. The Bertz CT molecular complexity index is 529. The number of piperazine rings is 1. The molecule has 2 aromatic rings. The molecule has 0 aliphatic carbocycles. The summed E-state index contributed by atoms with van der Waals surface area (Å²) >= 11 is 0. The van der Waals surface area contributed by atoms with Crippen LogP contribution in [-0.4, -0.2) is 37.8 Å². The normalized spacial score (nSPS) is 20.2. The zero-order chi connectivity index (χ0) is 12.4. The molecule has 1 atom stereocenters. The van der Waals surface area contributed by atoms with Crippen molar-refractivity contribution in [2.45, 2.75) is 12.5 Å². The molecule has 0 saturated carbocycles. The van der Waals surface area contributed by atoms with Gasteiger partial charge in [-0.1, -0.05) is 0 Å². The zero-order valence-electron chi connectivity index (χ0n) is 10.6. The second-order valence-corrected chi connectivity index (χ2v) is 4.78. The lowest BCUT2D eigenvalue weighted by atomic mass is 10.0. The first-order chi connectivity index (χ1) is 8.86. The molecule has 1 fully saturated rings. The van der Waals surface area contributed by atoms with Crippen molar-refractivity contribution in [2.24, 2.45) is 0 Å². The molecule has 0 bridgehead atoms. The van der Waals surface area contributed by atoms with Crippen molar-refractivity contribution in [3.8, 4) is 5.75 Å². The van der Waals surface area contributed by atoms with Crippen molar-refractivity contribution in [3.63, 3.8) is 0 Å². The molecule has 96 valence electrons. The summed E-state index contributed by atoms with van der Waals surface area (Å²) in [5, 5.41) is 8.26. The van der Waals surface area contributed by atoms with E-state index in [0.717, 1.165) is 37.3 Å². The first-order valence-corrected chi connectivity index (χ1v) is 6.45. The number of benzene rings is 1. The Balaban J connectivity index is 1.83. The van der Waals surface area contributed by atoms with E-state index in [1.807, 2.05) is 12.1 Å². The molecule has 1 saturated heterocycles. The van der Waals surface area contributed by atoms with E-state index < -0.39 is 0 Å². The van der Waals surface area contributed by atoms with Gasteiger partial charge in [-0.25, -0.2) is 0 Å². The minimum absolute atomic E-state index is 0.528. The van der Waals surface area contributed by atoms with Gasteiger partial charge in [-0.05, 0) is 24.1 Å². The van der Waals surface area contributed by atoms with Crippen LogP contribution in [0.1, 0.15) is 5.56 Å². The van der Waals surface area contributed by atoms with Crippen LogP contribution < -0.4 is 15.4 Å². The smallest absolute Gasteiger partial charge is 0.120 e. The Kier molecular flexibility index (Phi) is 3.21. The Labute approximate surface area is 107 Å². The van der Waals surface area contributed by atoms with Crippen molar-refractivity contribution in [3.05, 3.63) is 30.0 Å². The molecular weight excluding hydrogens is 226 g/mol. The minimum Gasteiger partial charge on any atom is -0.497 e. The lowest BCUT2D eigenvalue weighted by Crippen LogP contribution is -2.49. The van der Waals surface area contributed by atoms with Crippen molar-refractivity contribution in [1.82, 2.24) is 15.6 Å². The van der Waals surface area contributed by atoms with Crippen LogP contribution in [0.4, 0.5) is 0 Å². The third kappa shape index (κ3) is 2.21. The van der Waals surface area contributed by atoms with Gasteiger partial charge in [0.25, 0.3) is 0 Å². The molecule has 1 aromatic carbocycles. The minimum atomic E-state index is 0.528. The van der Waals surface area contributed by atoms with Crippen LogP contribution in [0.25, 0.3) is 10.9 Å². The highest BCUT2D eigenvalue weighted by atomic mass is 16.5. The summed E-state index contributed by atoms with van der Waals surface area (Å²) in [5.74, 6) is 0.897. The molecule has 0 amide bonds. The molecule has 2 heterocycles. The topological polar surface area (TPSA) is 49.1 Å². The van der Waals surface area contributed by atoms with Crippen LogP contribution in [0, 0.1) is 0 Å². The number of H-pyrrole nitrogens is 1. The van der Waals surface area contributed by atoms with E-state index in [2.05, 4.69) is 27.9 Å². The number of hydrogen-bond acceptors (Lipinski definition) is 3. The summed E-state index contributed by atoms with van der Waals surface area (Å²) in [6, 6.07) is 6.73. The van der Waals surface area contributed by atoms with Gasteiger partial charge in [0.2, 0.25) is 0 Å². The number of fused-ring (bicyclic) bond motifs is 1. The highest BCUT2D eigenvalue weighted by Crippen LogP contribution is 2.24. The van der Waals surface area contributed by atoms with Crippen molar-refractivity contribution < 1.29 is 4.74 Å². The number of methoxy groups -OCH3 is 1. The SMILES string of the molecule is COc1ccc2c(CC3CNCCN3)c[nH]c2c1. The lowest BCUT2D eigenvalue weighted by Gasteiger charge is -2.24. The van der Waals surface area contributed by atoms with Crippen molar-refractivity contribution in [2.75, 3.05) is 26.7 Å². The van der Waals surface area contributed by atoms with Gasteiger partial charge >= 0.3 is 0 Å². The van der Waals surface area contributed by atoms with Crippen LogP contribution in [0.2, 0.25) is 0 Å². The van der Waals surface area contributed by atoms with E-state index in [1.165, 1.54) is 10.9 Å². The van der Waals surface area contributed by atoms with Gasteiger partial charge in [0, 0.05) is 48.8 Å². The molecule has 4 heteroatoms. The number of ether oxygens (including phenoxy) is 1. The Morgan fingerprint density at radius 1 is 1.33 bits per heavy atom.